The first-order valence-corrected chi connectivity index (χ1v) is 6.48. The van der Waals surface area contributed by atoms with Gasteiger partial charge < -0.3 is 0 Å². The Morgan fingerprint density at radius 2 is 2.00 bits per heavy atom. The van der Waals surface area contributed by atoms with Crippen molar-refractivity contribution in [1.29, 1.82) is 0 Å². The molecule has 0 radical (unpaired) electrons. The number of aromatic nitrogens is 2. The molecule has 1 saturated carbocycles. The van der Waals surface area contributed by atoms with Gasteiger partial charge in [-0.05, 0) is 12.8 Å². The van der Waals surface area contributed by atoms with Crippen molar-refractivity contribution in [3.8, 4) is 0 Å². The van der Waals surface area contributed by atoms with Crippen molar-refractivity contribution in [1.82, 2.24) is 9.78 Å². The molecule has 0 bridgehead atoms. The number of aryl methyl sites for hydroxylation is 2. The molecule has 1 aliphatic carbocycles. The van der Waals surface area contributed by atoms with Gasteiger partial charge >= 0.3 is 0 Å². The van der Waals surface area contributed by atoms with Crippen LogP contribution >= 0.6 is 0 Å². The summed E-state index contributed by atoms with van der Waals surface area (Å²) in [7, 11) is 1.82. The predicted molar refractivity (Wildman–Crippen MR) is 68.6 cm³/mol. The molecule has 1 fully saturated rings. The molecule has 1 aliphatic rings. The van der Waals surface area contributed by atoms with Crippen LogP contribution in [0.15, 0.2) is 6.20 Å². The minimum Gasteiger partial charge on any atom is -0.299 e. The fourth-order valence-corrected chi connectivity index (χ4v) is 2.65. The highest BCUT2D eigenvalue weighted by molar-refractivity contribution is 6.02. The highest BCUT2D eigenvalue weighted by Gasteiger charge is 2.27. The van der Waals surface area contributed by atoms with E-state index >= 15 is 0 Å². The molecule has 5 heteroatoms. The summed E-state index contributed by atoms with van der Waals surface area (Å²) >= 11 is 0. The van der Waals surface area contributed by atoms with Gasteiger partial charge in [0.25, 0.3) is 0 Å². The molecule has 5 nitrogen and oxygen atoms in total. The van der Waals surface area contributed by atoms with Crippen LogP contribution in [-0.4, -0.2) is 27.1 Å². The smallest absolute Gasteiger partial charge is 0.140 e. The first-order chi connectivity index (χ1) is 8.94. The fraction of sp³-hybridized carbons (Fsp3) is 0.571. The molecule has 0 unspecified atom stereocenters. The molecule has 102 valence electrons. The zero-order chi connectivity index (χ0) is 14.0. The van der Waals surface area contributed by atoms with Crippen molar-refractivity contribution in [2.75, 3.05) is 0 Å². The standard InChI is InChI=1S/C14H18N2O3/c1-9-11(8-16(2)15-9)6-12(17)3-10-4-13(18)7-14(19)5-10/h8,10H,3-7H2,1-2H3. The van der Waals surface area contributed by atoms with Gasteiger partial charge in [-0.1, -0.05) is 0 Å². The number of hydrogen-bond donors (Lipinski definition) is 0. The molecule has 19 heavy (non-hydrogen) atoms. The van der Waals surface area contributed by atoms with Crippen LogP contribution in [0.3, 0.4) is 0 Å². The molecule has 0 aromatic carbocycles. The lowest BCUT2D eigenvalue weighted by atomic mass is 9.83. The Kier molecular flexibility index (Phi) is 3.93. The molecule has 1 aromatic rings. The Labute approximate surface area is 112 Å². The van der Waals surface area contributed by atoms with Crippen LogP contribution in [0.1, 0.15) is 36.9 Å². The van der Waals surface area contributed by atoms with E-state index in [1.165, 1.54) is 0 Å². The topological polar surface area (TPSA) is 69.0 Å². The molecule has 2 rings (SSSR count). The Hall–Kier alpha value is -1.78. The first kappa shape index (κ1) is 13.6. The van der Waals surface area contributed by atoms with Crippen molar-refractivity contribution < 1.29 is 14.4 Å². The fourth-order valence-electron chi connectivity index (χ4n) is 2.65. The van der Waals surface area contributed by atoms with Gasteiger partial charge in [0.2, 0.25) is 0 Å². The number of Topliss-reactive ketones (excluding diaryl/α,β-unsaturated/α-hetero) is 3. The number of rotatable bonds is 4. The predicted octanol–water partition coefficient (Wildman–Crippen LogP) is 1.17. The molecular weight excluding hydrogens is 244 g/mol. The van der Waals surface area contributed by atoms with Crippen LogP contribution in [0.2, 0.25) is 0 Å². The molecule has 0 amide bonds. The lowest BCUT2D eigenvalue weighted by Crippen LogP contribution is -2.25. The monoisotopic (exact) mass is 262 g/mol. The second-order valence-corrected chi connectivity index (χ2v) is 5.36. The van der Waals surface area contributed by atoms with Gasteiger partial charge in [0.05, 0.1) is 12.1 Å². The van der Waals surface area contributed by atoms with E-state index in [-0.39, 0.29) is 29.7 Å². The van der Waals surface area contributed by atoms with E-state index in [4.69, 9.17) is 0 Å². The van der Waals surface area contributed by atoms with Gasteiger partial charge in [0, 0.05) is 44.5 Å². The van der Waals surface area contributed by atoms with Crippen LogP contribution in [0.4, 0.5) is 0 Å². The van der Waals surface area contributed by atoms with Crippen molar-refractivity contribution in [3.63, 3.8) is 0 Å². The molecule has 0 aliphatic heterocycles. The van der Waals surface area contributed by atoms with E-state index in [0.717, 1.165) is 11.3 Å². The Bertz CT molecular complexity index is 515. The zero-order valence-corrected chi connectivity index (χ0v) is 11.3. The van der Waals surface area contributed by atoms with Crippen LogP contribution in [0.5, 0.6) is 0 Å². The highest BCUT2D eigenvalue weighted by Crippen LogP contribution is 2.23. The van der Waals surface area contributed by atoms with E-state index in [1.54, 1.807) is 4.68 Å². The number of carbonyl (C=O) groups is 3. The third kappa shape index (κ3) is 3.59. The minimum atomic E-state index is -0.0989. The van der Waals surface area contributed by atoms with Gasteiger partial charge in [0.15, 0.2) is 0 Å². The van der Waals surface area contributed by atoms with Crippen molar-refractivity contribution in [2.24, 2.45) is 13.0 Å². The minimum absolute atomic E-state index is 0.0355. The molecular formula is C14H18N2O3. The van der Waals surface area contributed by atoms with E-state index in [2.05, 4.69) is 5.10 Å². The Morgan fingerprint density at radius 3 is 2.53 bits per heavy atom. The van der Waals surface area contributed by atoms with Gasteiger partial charge in [-0.25, -0.2) is 0 Å². The van der Waals surface area contributed by atoms with Crippen LogP contribution in [0, 0.1) is 12.8 Å². The second-order valence-electron chi connectivity index (χ2n) is 5.36. The largest absolute Gasteiger partial charge is 0.299 e. The summed E-state index contributed by atoms with van der Waals surface area (Å²) in [5.41, 5.74) is 1.77. The summed E-state index contributed by atoms with van der Waals surface area (Å²) in [6.45, 7) is 1.87. The summed E-state index contributed by atoms with van der Waals surface area (Å²) in [5, 5.41) is 4.19. The van der Waals surface area contributed by atoms with E-state index in [1.807, 2.05) is 20.2 Å². The maximum Gasteiger partial charge on any atom is 0.140 e. The molecule has 1 heterocycles. The van der Waals surface area contributed by atoms with Crippen molar-refractivity contribution >= 4 is 17.3 Å². The number of hydrogen-bond acceptors (Lipinski definition) is 4. The molecule has 0 saturated heterocycles. The Morgan fingerprint density at radius 1 is 1.37 bits per heavy atom. The van der Waals surface area contributed by atoms with Crippen LogP contribution in [0.25, 0.3) is 0 Å². The van der Waals surface area contributed by atoms with E-state index in [0.29, 0.717) is 25.7 Å². The van der Waals surface area contributed by atoms with Crippen LogP contribution in [-0.2, 0) is 27.9 Å². The average molecular weight is 262 g/mol. The summed E-state index contributed by atoms with van der Waals surface area (Å²) in [6, 6.07) is 0. The molecule has 0 spiro atoms. The number of ketones is 3. The second kappa shape index (κ2) is 5.47. The van der Waals surface area contributed by atoms with Crippen LogP contribution < -0.4 is 0 Å². The summed E-state index contributed by atoms with van der Waals surface area (Å²) in [5.74, 6) is -0.0972. The van der Waals surface area contributed by atoms with Crippen molar-refractivity contribution in [2.45, 2.75) is 39.0 Å². The third-order valence-electron chi connectivity index (χ3n) is 3.45. The summed E-state index contributed by atoms with van der Waals surface area (Å²) < 4.78 is 1.69. The lowest BCUT2D eigenvalue weighted by Gasteiger charge is -2.18. The van der Waals surface area contributed by atoms with Gasteiger partial charge in [0.1, 0.15) is 17.3 Å². The highest BCUT2D eigenvalue weighted by atomic mass is 16.2. The number of nitrogens with zero attached hydrogens (tertiary/aromatic N) is 2. The Balaban J connectivity index is 1.92. The quantitative estimate of drug-likeness (QED) is 0.764. The zero-order valence-electron chi connectivity index (χ0n) is 11.3. The van der Waals surface area contributed by atoms with Crippen molar-refractivity contribution in [3.05, 3.63) is 17.5 Å². The maximum atomic E-state index is 12.0. The van der Waals surface area contributed by atoms with Gasteiger partial charge in [-0.15, -0.1) is 0 Å². The van der Waals surface area contributed by atoms with E-state index < -0.39 is 0 Å². The molecule has 0 atom stereocenters. The van der Waals surface area contributed by atoms with Gasteiger partial charge in [-0.2, -0.15) is 5.10 Å². The number of carbonyl (C=O) groups excluding carboxylic acids is 3. The molecule has 0 N–H and O–H groups in total. The average Bonchev–Trinajstić information content (AvgIpc) is 2.55. The normalized spacial score (nSPS) is 16.9. The summed E-state index contributed by atoms with van der Waals surface area (Å²) in [4.78, 5) is 34.7. The van der Waals surface area contributed by atoms with Gasteiger partial charge in [-0.3, -0.25) is 19.1 Å². The maximum absolute atomic E-state index is 12.0. The first-order valence-electron chi connectivity index (χ1n) is 6.48. The SMILES string of the molecule is Cc1nn(C)cc1CC(=O)CC1CC(=O)CC(=O)C1. The molecule has 1 aromatic heterocycles. The lowest BCUT2D eigenvalue weighted by molar-refractivity contribution is -0.131. The summed E-state index contributed by atoms with van der Waals surface area (Å²) in [6.07, 6.45) is 3.26. The third-order valence-corrected chi connectivity index (χ3v) is 3.45. The van der Waals surface area contributed by atoms with E-state index in [9.17, 15) is 14.4 Å².